The highest BCUT2D eigenvalue weighted by molar-refractivity contribution is 6.32. The molecule has 32 heavy (non-hydrogen) atoms. The van der Waals surface area contributed by atoms with Crippen LogP contribution < -0.4 is 10.6 Å². The van der Waals surface area contributed by atoms with E-state index in [0.29, 0.717) is 38.2 Å². The van der Waals surface area contributed by atoms with E-state index < -0.39 is 17.6 Å². The topological polar surface area (TPSA) is 54.2 Å². The molecule has 0 radical (unpaired) electrons. The molecule has 166 valence electrons. The molecule has 3 aromatic heterocycles. The third kappa shape index (κ3) is 3.60. The van der Waals surface area contributed by atoms with E-state index in [0.717, 1.165) is 17.2 Å². The van der Waals surface area contributed by atoms with E-state index in [1.165, 1.54) is 22.9 Å². The fourth-order valence-electron chi connectivity index (χ4n) is 4.06. The molecule has 0 amide bonds. The van der Waals surface area contributed by atoms with Gasteiger partial charge in [-0.1, -0.05) is 23.8 Å². The number of pyridine rings is 2. The first-order valence-electron chi connectivity index (χ1n) is 10.1. The van der Waals surface area contributed by atoms with Gasteiger partial charge in [0.25, 0.3) is 0 Å². The van der Waals surface area contributed by atoms with E-state index in [4.69, 9.17) is 11.6 Å². The Labute approximate surface area is 185 Å². The van der Waals surface area contributed by atoms with E-state index in [1.54, 1.807) is 0 Å². The summed E-state index contributed by atoms with van der Waals surface area (Å²) < 4.78 is 58.3. The van der Waals surface area contributed by atoms with Crippen molar-refractivity contribution in [1.29, 1.82) is 0 Å². The zero-order valence-electron chi connectivity index (χ0n) is 16.7. The second-order valence-corrected chi connectivity index (χ2v) is 8.01. The Morgan fingerprint density at radius 3 is 2.53 bits per heavy atom. The number of imidazole rings is 1. The van der Waals surface area contributed by atoms with Gasteiger partial charge in [0.2, 0.25) is 0 Å². The van der Waals surface area contributed by atoms with Crippen molar-refractivity contribution in [2.45, 2.75) is 12.6 Å². The van der Waals surface area contributed by atoms with Gasteiger partial charge in [0, 0.05) is 37.6 Å². The molecule has 2 N–H and O–H groups in total. The smallest absolute Gasteiger partial charge is 0.313 e. The zero-order valence-corrected chi connectivity index (χ0v) is 17.5. The van der Waals surface area contributed by atoms with Crippen molar-refractivity contribution in [1.82, 2.24) is 25.0 Å². The Bertz CT molecular complexity index is 1280. The largest absolute Gasteiger partial charge is 0.420 e. The SMILES string of the molecule is Fc1c(-c2nc3c(C(F)(F)F)cc(C4=CCNC4)cn3c2Cl)ccnc1C1=CCNCC1. The maximum Gasteiger partial charge on any atom is 0.420 e. The van der Waals surface area contributed by atoms with Crippen molar-refractivity contribution >= 4 is 28.4 Å². The number of alkyl halides is 3. The van der Waals surface area contributed by atoms with Crippen LogP contribution >= 0.6 is 11.6 Å². The van der Waals surface area contributed by atoms with Gasteiger partial charge in [0.05, 0.1) is 5.56 Å². The molecule has 2 aliphatic heterocycles. The molecule has 0 aromatic carbocycles. The summed E-state index contributed by atoms with van der Waals surface area (Å²) in [6, 6.07) is 2.45. The Balaban J connectivity index is 1.71. The van der Waals surface area contributed by atoms with Crippen molar-refractivity contribution in [2.24, 2.45) is 0 Å². The minimum Gasteiger partial charge on any atom is -0.313 e. The lowest BCUT2D eigenvalue weighted by Crippen LogP contribution is -2.20. The van der Waals surface area contributed by atoms with Crippen molar-refractivity contribution in [3.8, 4) is 11.3 Å². The number of hydrogen-bond acceptors (Lipinski definition) is 4. The predicted octanol–water partition coefficient (Wildman–Crippen LogP) is 4.57. The molecule has 0 unspecified atom stereocenters. The van der Waals surface area contributed by atoms with Crippen LogP contribution in [0, 0.1) is 5.82 Å². The van der Waals surface area contributed by atoms with E-state index in [9.17, 15) is 13.2 Å². The highest BCUT2D eigenvalue weighted by Gasteiger charge is 2.36. The average molecular weight is 464 g/mol. The summed E-state index contributed by atoms with van der Waals surface area (Å²) in [5, 5.41) is 6.13. The van der Waals surface area contributed by atoms with Gasteiger partial charge in [-0.3, -0.25) is 9.38 Å². The quantitative estimate of drug-likeness (QED) is 0.559. The van der Waals surface area contributed by atoms with Crippen LogP contribution in [-0.2, 0) is 6.18 Å². The molecule has 3 aromatic rings. The van der Waals surface area contributed by atoms with Crippen molar-refractivity contribution in [3.05, 3.63) is 64.5 Å². The maximum absolute atomic E-state index is 15.4. The minimum atomic E-state index is -4.66. The van der Waals surface area contributed by atoms with Gasteiger partial charge in [0.1, 0.15) is 16.5 Å². The van der Waals surface area contributed by atoms with E-state index >= 15 is 4.39 Å². The van der Waals surface area contributed by atoms with Crippen molar-refractivity contribution in [2.75, 3.05) is 26.2 Å². The normalized spacial score (nSPS) is 17.0. The summed E-state index contributed by atoms with van der Waals surface area (Å²) in [6.45, 7) is 2.31. The van der Waals surface area contributed by atoms with Gasteiger partial charge < -0.3 is 10.6 Å². The maximum atomic E-state index is 15.4. The van der Waals surface area contributed by atoms with Crippen LogP contribution in [0.4, 0.5) is 17.6 Å². The minimum absolute atomic E-state index is 0.0135. The number of halogens is 5. The number of rotatable bonds is 3. The first kappa shape index (κ1) is 21.1. The number of nitrogens with zero attached hydrogens (tertiary/aromatic N) is 3. The molecule has 0 spiro atoms. The van der Waals surface area contributed by atoms with Gasteiger partial charge in [-0.25, -0.2) is 9.37 Å². The summed E-state index contributed by atoms with van der Waals surface area (Å²) in [4.78, 5) is 8.29. The van der Waals surface area contributed by atoms with E-state index in [1.807, 2.05) is 12.2 Å². The monoisotopic (exact) mass is 463 g/mol. The first-order chi connectivity index (χ1) is 15.3. The summed E-state index contributed by atoms with van der Waals surface area (Å²) in [7, 11) is 0. The lowest BCUT2D eigenvalue weighted by atomic mass is 10.0. The fourth-order valence-corrected chi connectivity index (χ4v) is 4.33. The Hall–Kier alpha value is -2.75. The molecule has 0 saturated carbocycles. The second-order valence-electron chi connectivity index (χ2n) is 7.65. The second kappa shape index (κ2) is 7.99. The standard InChI is InChI=1S/C22H18ClF4N5/c23-20-19(15-4-8-30-18(17(15)24)12-1-5-28-6-2-12)31-21-16(22(25,26)27)9-14(11-32(20)21)13-3-7-29-10-13/h1,3-4,8-9,11,28-29H,2,5-7,10H2. The van der Waals surface area contributed by atoms with Gasteiger partial charge >= 0.3 is 6.18 Å². The highest BCUT2D eigenvalue weighted by Crippen LogP contribution is 2.39. The lowest BCUT2D eigenvalue weighted by Gasteiger charge is -2.15. The summed E-state index contributed by atoms with van der Waals surface area (Å²) in [5.74, 6) is -0.651. The molecular weight excluding hydrogens is 446 g/mol. The van der Waals surface area contributed by atoms with Gasteiger partial charge in [-0.15, -0.1) is 0 Å². The van der Waals surface area contributed by atoms with E-state index in [-0.39, 0.29) is 27.8 Å². The first-order valence-corrected chi connectivity index (χ1v) is 10.5. The molecule has 0 bridgehead atoms. The van der Waals surface area contributed by atoms with Crippen LogP contribution in [-0.4, -0.2) is 40.5 Å². The molecule has 0 saturated heterocycles. The Morgan fingerprint density at radius 1 is 1.06 bits per heavy atom. The molecule has 0 fully saturated rings. The summed E-state index contributed by atoms with van der Waals surface area (Å²) >= 11 is 6.49. The Morgan fingerprint density at radius 2 is 1.84 bits per heavy atom. The molecule has 0 aliphatic carbocycles. The van der Waals surface area contributed by atoms with Crippen LogP contribution in [0.25, 0.3) is 28.1 Å². The van der Waals surface area contributed by atoms with Crippen LogP contribution in [0.2, 0.25) is 5.15 Å². The van der Waals surface area contributed by atoms with Crippen molar-refractivity contribution in [3.63, 3.8) is 0 Å². The Kier molecular flexibility index (Phi) is 5.27. The number of fused-ring (bicyclic) bond motifs is 1. The van der Waals surface area contributed by atoms with Gasteiger partial charge in [-0.05, 0) is 41.8 Å². The average Bonchev–Trinajstić information content (AvgIpc) is 3.42. The number of hydrogen-bond donors (Lipinski definition) is 2. The van der Waals surface area contributed by atoms with Gasteiger partial charge in [-0.2, -0.15) is 13.2 Å². The van der Waals surface area contributed by atoms with Crippen LogP contribution in [0.3, 0.4) is 0 Å². The molecule has 5 rings (SSSR count). The number of nitrogens with one attached hydrogen (secondary N) is 2. The molecule has 5 nitrogen and oxygen atoms in total. The fraction of sp³-hybridized carbons (Fsp3) is 0.273. The molecule has 0 atom stereocenters. The predicted molar refractivity (Wildman–Crippen MR) is 115 cm³/mol. The summed E-state index contributed by atoms with van der Waals surface area (Å²) in [5.41, 5.74) is 0.690. The zero-order chi connectivity index (χ0) is 22.5. The summed E-state index contributed by atoms with van der Waals surface area (Å²) in [6.07, 6.45) is 2.55. The molecule has 5 heterocycles. The van der Waals surface area contributed by atoms with Crippen LogP contribution in [0.15, 0.2) is 36.7 Å². The highest BCUT2D eigenvalue weighted by atomic mass is 35.5. The lowest BCUT2D eigenvalue weighted by molar-refractivity contribution is -0.136. The van der Waals surface area contributed by atoms with E-state index in [2.05, 4.69) is 20.6 Å². The van der Waals surface area contributed by atoms with Crippen LogP contribution in [0.5, 0.6) is 0 Å². The molecule has 2 aliphatic rings. The van der Waals surface area contributed by atoms with Crippen LogP contribution in [0.1, 0.15) is 23.2 Å². The van der Waals surface area contributed by atoms with Crippen molar-refractivity contribution < 1.29 is 17.6 Å². The third-order valence-electron chi connectivity index (χ3n) is 5.66. The third-order valence-corrected chi connectivity index (χ3v) is 6.02. The molecule has 10 heteroatoms. The number of aromatic nitrogens is 3. The molecular formula is C22H18ClF4N5. The van der Waals surface area contributed by atoms with Gasteiger partial charge in [0.15, 0.2) is 11.5 Å².